The fourth-order valence-electron chi connectivity index (χ4n) is 3.41. The van der Waals surface area contributed by atoms with E-state index in [-0.39, 0.29) is 9.92 Å². The Bertz CT molecular complexity index is 1260. The molecular formula is C22H23N3O3S. The molecule has 0 radical (unpaired) electrons. The summed E-state index contributed by atoms with van der Waals surface area (Å²) in [5.74, 6) is 0.580. The van der Waals surface area contributed by atoms with Gasteiger partial charge in [0.2, 0.25) is 9.84 Å². The quantitative estimate of drug-likeness (QED) is 0.469. The summed E-state index contributed by atoms with van der Waals surface area (Å²) in [7, 11) is 0.243. The van der Waals surface area contributed by atoms with Gasteiger partial charge in [0.05, 0.1) is 11.5 Å². The average Bonchev–Trinajstić information content (AvgIpc) is 3.16. The largest absolute Gasteiger partial charge is 0.491 e. The van der Waals surface area contributed by atoms with Crippen LogP contribution in [0, 0.1) is 0 Å². The Morgan fingerprint density at radius 1 is 0.966 bits per heavy atom. The summed E-state index contributed by atoms with van der Waals surface area (Å²) in [5, 5.41) is 9.19. The number of sulfone groups is 1. The van der Waals surface area contributed by atoms with Crippen molar-refractivity contribution in [3.63, 3.8) is 0 Å². The maximum atomic E-state index is 13.5. The lowest BCUT2D eigenvalue weighted by Gasteiger charge is -2.10. The summed E-state index contributed by atoms with van der Waals surface area (Å²) in [6, 6.07) is 18.1. The Morgan fingerprint density at radius 3 is 2.52 bits per heavy atom. The molecule has 1 N–H and O–H groups in total. The molecule has 6 nitrogen and oxygen atoms in total. The van der Waals surface area contributed by atoms with E-state index in [0.29, 0.717) is 28.6 Å². The highest BCUT2D eigenvalue weighted by Gasteiger charge is 2.25. The minimum Gasteiger partial charge on any atom is -0.491 e. The van der Waals surface area contributed by atoms with Gasteiger partial charge in [-0.05, 0) is 44.1 Å². The fourth-order valence-corrected chi connectivity index (χ4v) is 4.99. The number of aromatic amines is 1. The molecule has 4 rings (SSSR count). The van der Waals surface area contributed by atoms with Crippen LogP contribution in [-0.4, -0.2) is 50.8 Å². The fraction of sp³-hybridized carbons (Fsp3) is 0.227. The van der Waals surface area contributed by atoms with E-state index in [4.69, 9.17) is 4.74 Å². The second-order valence-corrected chi connectivity index (χ2v) is 9.05. The molecule has 0 saturated carbocycles. The van der Waals surface area contributed by atoms with Gasteiger partial charge in [0.1, 0.15) is 11.3 Å². The summed E-state index contributed by atoms with van der Waals surface area (Å²) >= 11 is 0. The molecule has 3 aromatic carbocycles. The van der Waals surface area contributed by atoms with Crippen molar-refractivity contribution in [2.24, 2.45) is 0 Å². The molecule has 0 aliphatic heterocycles. The molecule has 1 heterocycles. The smallest absolute Gasteiger partial charge is 0.224 e. The zero-order chi connectivity index (χ0) is 20.4. The van der Waals surface area contributed by atoms with Gasteiger partial charge >= 0.3 is 0 Å². The maximum absolute atomic E-state index is 13.5. The highest BCUT2D eigenvalue weighted by atomic mass is 32.2. The molecule has 0 spiro atoms. The number of hydrogen-bond acceptors (Lipinski definition) is 5. The highest BCUT2D eigenvalue weighted by Crippen LogP contribution is 2.33. The molecule has 1 aromatic heterocycles. The first-order valence-electron chi connectivity index (χ1n) is 9.46. The third-order valence-electron chi connectivity index (χ3n) is 4.83. The molecule has 0 aliphatic rings. The monoisotopic (exact) mass is 409 g/mol. The number of ether oxygens (including phenoxy) is 1. The predicted octanol–water partition coefficient (Wildman–Crippen LogP) is 3.88. The van der Waals surface area contributed by atoms with Gasteiger partial charge in [0, 0.05) is 17.3 Å². The highest BCUT2D eigenvalue weighted by molar-refractivity contribution is 7.91. The second-order valence-electron chi connectivity index (χ2n) is 7.19. The van der Waals surface area contributed by atoms with Crippen molar-refractivity contribution in [1.29, 1.82) is 0 Å². The molecule has 0 amide bonds. The standard InChI is InChI=1S/C22H23N3O3S/c1-25(2)14-7-15-28-19-12-6-11-18-21(19)23-24-22(18)29(26,27)20-13-5-9-16-8-3-4-10-17(16)20/h3-6,8-13H,7,14-15H2,1-2H3,(H,23,24). The molecule has 0 aliphatic carbocycles. The Balaban J connectivity index is 1.73. The molecule has 0 fully saturated rings. The van der Waals surface area contributed by atoms with Crippen molar-refractivity contribution < 1.29 is 13.2 Å². The molecule has 0 bridgehead atoms. The van der Waals surface area contributed by atoms with Crippen molar-refractivity contribution in [1.82, 2.24) is 15.1 Å². The average molecular weight is 410 g/mol. The zero-order valence-corrected chi connectivity index (χ0v) is 17.2. The number of nitrogens with one attached hydrogen (secondary N) is 1. The van der Waals surface area contributed by atoms with E-state index in [1.165, 1.54) is 0 Å². The van der Waals surface area contributed by atoms with Crippen LogP contribution in [-0.2, 0) is 9.84 Å². The molecule has 0 atom stereocenters. The molecule has 150 valence electrons. The van der Waals surface area contributed by atoms with Crippen molar-refractivity contribution in [3.05, 3.63) is 60.7 Å². The number of fused-ring (bicyclic) bond motifs is 2. The first-order valence-corrected chi connectivity index (χ1v) is 10.9. The third kappa shape index (κ3) is 3.71. The first-order chi connectivity index (χ1) is 14.0. The Labute approximate surface area is 170 Å². The SMILES string of the molecule is CN(C)CCCOc1cccc2c(S(=O)(=O)c3cccc4ccccc34)[nH]nc12. The van der Waals surface area contributed by atoms with Gasteiger partial charge in [-0.2, -0.15) is 5.10 Å². The summed E-state index contributed by atoms with van der Waals surface area (Å²) in [6.07, 6.45) is 0.870. The van der Waals surface area contributed by atoms with Crippen LogP contribution in [0.5, 0.6) is 5.75 Å². The number of rotatable bonds is 7. The summed E-state index contributed by atoms with van der Waals surface area (Å²) in [6.45, 7) is 1.45. The van der Waals surface area contributed by atoms with Gasteiger partial charge in [0.25, 0.3) is 0 Å². The molecule has 0 unspecified atom stereocenters. The Hall–Kier alpha value is -2.90. The van der Waals surface area contributed by atoms with Crippen LogP contribution >= 0.6 is 0 Å². The molecule has 7 heteroatoms. The van der Waals surface area contributed by atoms with Crippen molar-refractivity contribution in [2.75, 3.05) is 27.2 Å². The number of nitrogens with zero attached hydrogens (tertiary/aromatic N) is 2. The van der Waals surface area contributed by atoms with E-state index in [2.05, 4.69) is 15.1 Å². The lowest BCUT2D eigenvalue weighted by atomic mass is 10.1. The van der Waals surface area contributed by atoms with Crippen LogP contribution in [0.1, 0.15) is 6.42 Å². The van der Waals surface area contributed by atoms with Gasteiger partial charge in [-0.3, -0.25) is 5.10 Å². The number of H-pyrrole nitrogens is 1. The zero-order valence-electron chi connectivity index (χ0n) is 16.4. The normalized spacial score (nSPS) is 12.1. The van der Waals surface area contributed by atoms with E-state index >= 15 is 0 Å². The van der Waals surface area contributed by atoms with E-state index in [1.807, 2.05) is 50.5 Å². The minimum absolute atomic E-state index is 0.0857. The summed E-state index contributed by atoms with van der Waals surface area (Å²) < 4.78 is 32.8. The van der Waals surface area contributed by atoms with E-state index in [1.54, 1.807) is 24.3 Å². The predicted molar refractivity (Wildman–Crippen MR) is 114 cm³/mol. The van der Waals surface area contributed by atoms with E-state index in [0.717, 1.165) is 18.4 Å². The number of hydrogen-bond donors (Lipinski definition) is 1. The van der Waals surface area contributed by atoms with Crippen LogP contribution in [0.4, 0.5) is 0 Å². The Morgan fingerprint density at radius 2 is 1.69 bits per heavy atom. The van der Waals surface area contributed by atoms with Crippen LogP contribution in [0.3, 0.4) is 0 Å². The van der Waals surface area contributed by atoms with Crippen LogP contribution in [0.2, 0.25) is 0 Å². The van der Waals surface area contributed by atoms with Crippen LogP contribution in [0.25, 0.3) is 21.7 Å². The van der Waals surface area contributed by atoms with Crippen molar-refractivity contribution in [2.45, 2.75) is 16.3 Å². The topological polar surface area (TPSA) is 75.3 Å². The number of aromatic nitrogens is 2. The third-order valence-corrected chi connectivity index (χ3v) is 6.61. The first kappa shape index (κ1) is 19.4. The second kappa shape index (κ2) is 7.85. The van der Waals surface area contributed by atoms with Gasteiger partial charge in [-0.1, -0.05) is 42.5 Å². The van der Waals surface area contributed by atoms with Gasteiger partial charge in [-0.25, -0.2) is 8.42 Å². The van der Waals surface area contributed by atoms with E-state index < -0.39 is 9.84 Å². The van der Waals surface area contributed by atoms with Gasteiger partial charge in [-0.15, -0.1) is 0 Å². The maximum Gasteiger partial charge on any atom is 0.224 e. The lowest BCUT2D eigenvalue weighted by molar-refractivity contribution is 0.283. The molecule has 4 aromatic rings. The number of benzene rings is 3. The number of para-hydroxylation sites is 1. The van der Waals surface area contributed by atoms with Crippen molar-refractivity contribution in [3.8, 4) is 5.75 Å². The summed E-state index contributed by atoms with van der Waals surface area (Å²) in [4.78, 5) is 2.35. The van der Waals surface area contributed by atoms with Crippen LogP contribution < -0.4 is 4.74 Å². The summed E-state index contributed by atoms with van der Waals surface area (Å²) in [5.41, 5.74) is 0.524. The molecular weight excluding hydrogens is 386 g/mol. The van der Waals surface area contributed by atoms with Gasteiger partial charge in [0.15, 0.2) is 5.03 Å². The van der Waals surface area contributed by atoms with Gasteiger partial charge < -0.3 is 9.64 Å². The lowest BCUT2D eigenvalue weighted by Crippen LogP contribution is -2.15. The van der Waals surface area contributed by atoms with Crippen molar-refractivity contribution >= 4 is 31.5 Å². The van der Waals surface area contributed by atoms with E-state index in [9.17, 15) is 8.42 Å². The molecule has 29 heavy (non-hydrogen) atoms. The minimum atomic E-state index is -3.78. The Kier molecular flexibility index (Phi) is 5.25. The molecule has 0 saturated heterocycles. The van der Waals surface area contributed by atoms with Crippen LogP contribution in [0.15, 0.2) is 70.6 Å².